The number of hydrogen-bond acceptors (Lipinski definition) is 5. The predicted molar refractivity (Wildman–Crippen MR) is 132 cm³/mol. The highest BCUT2D eigenvalue weighted by Crippen LogP contribution is 2.22. The van der Waals surface area contributed by atoms with E-state index in [9.17, 15) is 14.4 Å². The Morgan fingerprint density at radius 3 is 2.62 bits per heavy atom. The van der Waals surface area contributed by atoms with E-state index in [1.54, 1.807) is 11.0 Å². The Morgan fingerprint density at radius 1 is 1.09 bits per heavy atom. The highest BCUT2D eigenvalue weighted by atomic mass is 32.1. The lowest BCUT2D eigenvalue weighted by Crippen LogP contribution is -2.42. The molecule has 1 amide bonds. The largest absolute Gasteiger partial charge is 0.457 e. The molecule has 1 saturated heterocycles. The van der Waals surface area contributed by atoms with Crippen LogP contribution in [-0.4, -0.2) is 46.8 Å². The first-order chi connectivity index (χ1) is 16.4. The molecule has 0 radical (unpaired) electrons. The second-order valence-corrected chi connectivity index (χ2v) is 9.72. The van der Waals surface area contributed by atoms with Crippen LogP contribution in [0.4, 0.5) is 0 Å². The molecular formula is C27H30N2O4S. The van der Waals surface area contributed by atoms with Gasteiger partial charge in [-0.05, 0) is 56.2 Å². The number of nitrogens with zero attached hydrogens (tertiary/aromatic N) is 2. The molecule has 6 nitrogen and oxygen atoms in total. The summed E-state index contributed by atoms with van der Waals surface area (Å²) >= 11 is 1.40. The molecule has 0 aliphatic carbocycles. The minimum Gasteiger partial charge on any atom is -0.457 e. The van der Waals surface area contributed by atoms with E-state index in [0.29, 0.717) is 30.0 Å². The number of thiophene rings is 1. The minimum absolute atomic E-state index is 0.0495. The molecule has 178 valence electrons. The van der Waals surface area contributed by atoms with Gasteiger partial charge in [0.25, 0.3) is 5.91 Å². The van der Waals surface area contributed by atoms with Crippen LogP contribution in [0.15, 0.2) is 53.9 Å². The van der Waals surface area contributed by atoms with E-state index in [1.165, 1.54) is 16.9 Å². The van der Waals surface area contributed by atoms with Crippen molar-refractivity contribution in [3.8, 4) is 0 Å². The average molecular weight is 479 g/mol. The molecule has 4 rings (SSSR count). The van der Waals surface area contributed by atoms with E-state index in [2.05, 4.69) is 16.7 Å². The fourth-order valence-corrected chi connectivity index (χ4v) is 5.25. The molecule has 34 heavy (non-hydrogen) atoms. The first-order valence-electron chi connectivity index (χ1n) is 11.7. The third-order valence-corrected chi connectivity index (χ3v) is 7.32. The zero-order valence-electron chi connectivity index (χ0n) is 19.7. The molecule has 3 aromatic rings. The zero-order valence-corrected chi connectivity index (χ0v) is 20.5. The van der Waals surface area contributed by atoms with Crippen molar-refractivity contribution < 1.29 is 19.1 Å². The highest BCUT2D eigenvalue weighted by Gasteiger charge is 2.31. The smallest absolute Gasteiger partial charge is 0.311 e. The van der Waals surface area contributed by atoms with Gasteiger partial charge in [0, 0.05) is 36.6 Å². The van der Waals surface area contributed by atoms with Crippen LogP contribution in [0.25, 0.3) is 0 Å². The predicted octanol–water partition coefficient (Wildman–Crippen LogP) is 4.69. The Balaban J connectivity index is 1.32. The Bertz CT molecular complexity index is 1150. The first kappa shape index (κ1) is 24.0. The van der Waals surface area contributed by atoms with Gasteiger partial charge >= 0.3 is 5.97 Å². The van der Waals surface area contributed by atoms with Crippen molar-refractivity contribution in [1.29, 1.82) is 0 Å². The van der Waals surface area contributed by atoms with E-state index in [4.69, 9.17) is 4.74 Å². The van der Waals surface area contributed by atoms with Crippen molar-refractivity contribution >= 4 is 29.0 Å². The molecule has 1 aliphatic heterocycles. The van der Waals surface area contributed by atoms with Gasteiger partial charge in [-0.2, -0.15) is 0 Å². The molecule has 0 N–H and O–H groups in total. The second kappa shape index (κ2) is 10.8. The van der Waals surface area contributed by atoms with Gasteiger partial charge in [-0.15, -0.1) is 11.3 Å². The third kappa shape index (κ3) is 5.47. The summed E-state index contributed by atoms with van der Waals surface area (Å²) in [6, 6.07) is 15.8. The molecule has 1 atom stereocenters. The Morgan fingerprint density at radius 2 is 1.88 bits per heavy atom. The van der Waals surface area contributed by atoms with Crippen LogP contribution < -0.4 is 0 Å². The van der Waals surface area contributed by atoms with Crippen molar-refractivity contribution in [2.24, 2.45) is 5.92 Å². The number of Topliss-reactive ketones (excluding diaryl/α,β-unsaturated/α-hetero) is 1. The summed E-state index contributed by atoms with van der Waals surface area (Å²) in [5.41, 5.74) is 3.74. The number of esters is 1. The van der Waals surface area contributed by atoms with E-state index in [-0.39, 0.29) is 18.3 Å². The van der Waals surface area contributed by atoms with Gasteiger partial charge in [-0.1, -0.05) is 36.4 Å². The molecule has 0 saturated carbocycles. The van der Waals surface area contributed by atoms with Gasteiger partial charge in [0.2, 0.25) is 5.78 Å². The number of aromatic nitrogens is 1. The summed E-state index contributed by atoms with van der Waals surface area (Å²) in [5.74, 6) is -1.06. The Labute approximate surface area is 204 Å². The molecule has 3 heterocycles. The van der Waals surface area contributed by atoms with Crippen LogP contribution >= 0.6 is 11.3 Å². The SMILES string of the molecule is Cc1cc(C(=O)COC(=O)C2CCCN(C(=O)c3cccs3)C2)c(C)n1CCc1ccccc1. The molecule has 1 aliphatic rings. The van der Waals surface area contributed by atoms with E-state index >= 15 is 0 Å². The summed E-state index contributed by atoms with van der Waals surface area (Å²) in [7, 11) is 0. The van der Waals surface area contributed by atoms with Crippen molar-refractivity contribution in [1.82, 2.24) is 9.47 Å². The molecule has 1 aromatic carbocycles. The number of carbonyl (C=O) groups is 3. The van der Waals surface area contributed by atoms with Crippen LogP contribution in [0.1, 0.15) is 49.8 Å². The number of likely N-dealkylation sites (tertiary alicyclic amines) is 1. The lowest BCUT2D eigenvalue weighted by molar-refractivity contribution is -0.148. The maximum atomic E-state index is 12.9. The zero-order chi connectivity index (χ0) is 24.1. The minimum atomic E-state index is -0.407. The first-order valence-corrected chi connectivity index (χ1v) is 12.5. The Kier molecular flexibility index (Phi) is 7.63. The topological polar surface area (TPSA) is 68.6 Å². The summed E-state index contributed by atoms with van der Waals surface area (Å²) in [5, 5.41) is 1.87. The van der Waals surface area contributed by atoms with Gasteiger partial charge in [0.05, 0.1) is 10.8 Å². The number of amides is 1. The fraction of sp³-hybridized carbons (Fsp3) is 0.370. The number of carbonyl (C=O) groups excluding carboxylic acids is 3. The summed E-state index contributed by atoms with van der Waals surface area (Å²) in [6.45, 7) is 5.39. The maximum Gasteiger partial charge on any atom is 0.311 e. The lowest BCUT2D eigenvalue weighted by atomic mass is 9.98. The highest BCUT2D eigenvalue weighted by molar-refractivity contribution is 7.12. The molecule has 2 aromatic heterocycles. The van der Waals surface area contributed by atoms with Gasteiger partial charge in [-0.3, -0.25) is 14.4 Å². The lowest BCUT2D eigenvalue weighted by Gasteiger charge is -2.31. The number of rotatable bonds is 8. The number of piperidine rings is 1. The number of hydrogen-bond donors (Lipinski definition) is 0. The molecule has 0 spiro atoms. The maximum absolute atomic E-state index is 12.9. The molecule has 7 heteroatoms. The quantitative estimate of drug-likeness (QED) is 0.348. The normalized spacial score (nSPS) is 15.8. The third-order valence-electron chi connectivity index (χ3n) is 6.46. The standard InChI is InChI=1S/C27H30N2O4S/c1-19-16-23(20(2)29(19)14-12-21-8-4-3-5-9-21)24(30)18-33-27(32)22-10-6-13-28(17-22)26(31)25-11-7-15-34-25/h3-5,7-9,11,15-16,22H,6,10,12-14,17-18H2,1-2H3. The van der Waals surface area contributed by atoms with Crippen LogP contribution in [0.5, 0.6) is 0 Å². The second-order valence-electron chi connectivity index (χ2n) is 8.77. The van der Waals surface area contributed by atoms with E-state index in [0.717, 1.165) is 30.8 Å². The van der Waals surface area contributed by atoms with Gasteiger partial charge in [0.15, 0.2) is 6.61 Å². The fourth-order valence-electron chi connectivity index (χ4n) is 4.56. The monoisotopic (exact) mass is 478 g/mol. The number of benzene rings is 1. The van der Waals surface area contributed by atoms with E-state index in [1.807, 2.05) is 49.6 Å². The van der Waals surface area contributed by atoms with Crippen molar-refractivity contribution in [3.63, 3.8) is 0 Å². The van der Waals surface area contributed by atoms with Gasteiger partial charge in [-0.25, -0.2) is 0 Å². The van der Waals surface area contributed by atoms with Crippen LogP contribution in [0, 0.1) is 19.8 Å². The number of ketones is 1. The average Bonchev–Trinajstić information content (AvgIpc) is 3.50. The van der Waals surface area contributed by atoms with E-state index < -0.39 is 11.9 Å². The van der Waals surface area contributed by atoms with Gasteiger partial charge in [0.1, 0.15) is 0 Å². The van der Waals surface area contributed by atoms with Crippen molar-refractivity contribution in [2.45, 2.75) is 39.7 Å². The molecule has 1 unspecified atom stereocenters. The molecule has 1 fully saturated rings. The summed E-state index contributed by atoms with van der Waals surface area (Å²) in [6.07, 6.45) is 2.28. The summed E-state index contributed by atoms with van der Waals surface area (Å²) < 4.78 is 7.55. The summed E-state index contributed by atoms with van der Waals surface area (Å²) in [4.78, 5) is 40.6. The molecule has 0 bridgehead atoms. The van der Waals surface area contributed by atoms with Crippen LogP contribution in [0.2, 0.25) is 0 Å². The Hall–Kier alpha value is -3.19. The van der Waals surface area contributed by atoms with Gasteiger partial charge < -0.3 is 14.2 Å². The number of ether oxygens (including phenoxy) is 1. The van der Waals surface area contributed by atoms with Crippen LogP contribution in [0.3, 0.4) is 0 Å². The van der Waals surface area contributed by atoms with Crippen molar-refractivity contribution in [3.05, 3.63) is 81.3 Å². The number of aryl methyl sites for hydroxylation is 2. The van der Waals surface area contributed by atoms with Crippen molar-refractivity contribution in [2.75, 3.05) is 19.7 Å². The van der Waals surface area contributed by atoms with Crippen LogP contribution in [-0.2, 0) is 22.5 Å². The molecular weight excluding hydrogens is 448 g/mol.